The maximum absolute atomic E-state index is 12.3. The van der Waals surface area contributed by atoms with Crippen LogP contribution in [0.3, 0.4) is 0 Å². The summed E-state index contributed by atoms with van der Waals surface area (Å²) in [6, 6.07) is 5.01. The molecule has 2 aromatic rings. The summed E-state index contributed by atoms with van der Waals surface area (Å²) in [4.78, 5) is 32.9. The van der Waals surface area contributed by atoms with Crippen LogP contribution in [0.5, 0.6) is 0 Å². The number of nitrogens with one attached hydrogen (secondary N) is 1. The molecule has 0 saturated heterocycles. The van der Waals surface area contributed by atoms with Crippen LogP contribution in [-0.4, -0.2) is 35.0 Å². The molecule has 0 spiro atoms. The Kier molecular flexibility index (Phi) is 4.29. The van der Waals surface area contributed by atoms with E-state index in [1.54, 1.807) is 30.6 Å². The lowest BCUT2D eigenvalue weighted by molar-refractivity contribution is -0.126. The van der Waals surface area contributed by atoms with Crippen LogP contribution in [0.2, 0.25) is 0 Å². The number of aromatic nitrogens is 2. The standard InChI is InChI=1S/C22H25N3O3/c26-20(25-13-22-9-14-5-15(10-22)7-16(6-14)11-22)12-28-21(27)17-1-2-18-19(8-17)24-4-3-23-18/h1-4,8,14-16H,5-7,9-13H2,(H,25,26). The van der Waals surface area contributed by atoms with Gasteiger partial charge in [-0.25, -0.2) is 4.79 Å². The van der Waals surface area contributed by atoms with Gasteiger partial charge in [0.2, 0.25) is 0 Å². The molecule has 0 unspecified atom stereocenters. The Labute approximate surface area is 164 Å². The van der Waals surface area contributed by atoms with Gasteiger partial charge in [0.15, 0.2) is 6.61 Å². The average molecular weight is 379 g/mol. The maximum Gasteiger partial charge on any atom is 0.338 e. The van der Waals surface area contributed by atoms with Gasteiger partial charge in [-0.3, -0.25) is 14.8 Å². The lowest BCUT2D eigenvalue weighted by atomic mass is 9.49. The van der Waals surface area contributed by atoms with E-state index in [2.05, 4.69) is 15.3 Å². The predicted molar refractivity (Wildman–Crippen MR) is 103 cm³/mol. The van der Waals surface area contributed by atoms with Crippen LogP contribution < -0.4 is 5.32 Å². The highest BCUT2D eigenvalue weighted by atomic mass is 16.5. The van der Waals surface area contributed by atoms with Crippen molar-refractivity contribution in [3.05, 3.63) is 36.2 Å². The Hall–Kier alpha value is -2.50. The van der Waals surface area contributed by atoms with Gasteiger partial charge in [-0.2, -0.15) is 0 Å². The average Bonchev–Trinajstić information content (AvgIpc) is 2.69. The van der Waals surface area contributed by atoms with Gasteiger partial charge in [-0.05, 0) is 79.9 Å². The number of carbonyl (C=O) groups excluding carboxylic acids is 2. The molecule has 1 N–H and O–H groups in total. The lowest BCUT2D eigenvalue weighted by Crippen LogP contribution is -2.51. The van der Waals surface area contributed by atoms with Crippen molar-refractivity contribution in [1.82, 2.24) is 15.3 Å². The minimum atomic E-state index is -0.516. The molecule has 6 heteroatoms. The van der Waals surface area contributed by atoms with Gasteiger partial charge in [0.25, 0.3) is 5.91 Å². The van der Waals surface area contributed by atoms with E-state index in [-0.39, 0.29) is 17.9 Å². The van der Waals surface area contributed by atoms with Gasteiger partial charge in [0.1, 0.15) is 0 Å². The third-order valence-corrected chi connectivity index (χ3v) is 6.87. The number of nitrogens with zero attached hydrogens (tertiary/aromatic N) is 2. The number of benzene rings is 1. The number of amides is 1. The monoisotopic (exact) mass is 379 g/mol. The summed E-state index contributed by atoms with van der Waals surface area (Å²) < 4.78 is 5.21. The fourth-order valence-corrected chi connectivity index (χ4v) is 6.15. The number of hydrogen-bond donors (Lipinski definition) is 1. The third kappa shape index (κ3) is 3.36. The quantitative estimate of drug-likeness (QED) is 0.807. The summed E-state index contributed by atoms with van der Waals surface area (Å²) >= 11 is 0. The van der Waals surface area contributed by atoms with Crippen LogP contribution in [0.25, 0.3) is 11.0 Å². The largest absolute Gasteiger partial charge is 0.452 e. The number of carbonyl (C=O) groups is 2. The Morgan fingerprint density at radius 3 is 2.32 bits per heavy atom. The number of rotatable bonds is 5. The summed E-state index contributed by atoms with van der Waals surface area (Å²) in [6.45, 7) is 0.474. The fraction of sp³-hybridized carbons (Fsp3) is 0.545. The van der Waals surface area contributed by atoms with Crippen molar-refractivity contribution in [1.29, 1.82) is 0 Å². The summed E-state index contributed by atoms with van der Waals surface area (Å²) in [5.74, 6) is 1.84. The molecule has 4 saturated carbocycles. The molecular formula is C22H25N3O3. The highest BCUT2D eigenvalue weighted by Gasteiger charge is 2.50. The Bertz CT molecular complexity index is 891. The van der Waals surface area contributed by atoms with E-state index in [4.69, 9.17) is 4.74 Å². The maximum atomic E-state index is 12.3. The first kappa shape index (κ1) is 17.6. The fourth-order valence-electron chi connectivity index (χ4n) is 6.15. The molecule has 1 aromatic heterocycles. The second-order valence-corrected chi connectivity index (χ2v) is 9.03. The van der Waals surface area contributed by atoms with Crippen molar-refractivity contribution in [2.75, 3.05) is 13.2 Å². The summed E-state index contributed by atoms with van der Waals surface area (Å²) in [6.07, 6.45) is 11.1. The van der Waals surface area contributed by atoms with E-state index >= 15 is 0 Å². The number of ether oxygens (including phenoxy) is 1. The molecule has 28 heavy (non-hydrogen) atoms. The zero-order valence-corrected chi connectivity index (χ0v) is 15.9. The van der Waals surface area contributed by atoms with Crippen LogP contribution >= 0.6 is 0 Å². The lowest BCUT2D eigenvalue weighted by Gasteiger charge is -2.56. The van der Waals surface area contributed by atoms with E-state index in [9.17, 15) is 9.59 Å². The van der Waals surface area contributed by atoms with Crippen LogP contribution in [0.15, 0.2) is 30.6 Å². The van der Waals surface area contributed by atoms with Gasteiger partial charge < -0.3 is 10.1 Å². The molecule has 0 aliphatic heterocycles. The highest BCUT2D eigenvalue weighted by Crippen LogP contribution is 2.59. The summed E-state index contributed by atoms with van der Waals surface area (Å²) in [7, 11) is 0. The Morgan fingerprint density at radius 2 is 1.64 bits per heavy atom. The smallest absolute Gasteiger partial charge is 0.338 e. The molecule has 1 heterocycles. The van der Waals surface area contributed by atoms with Gasteiger partial charge in [-0.1, -0.05) is 0 Å². The second-order valence-electron chi connectivity index (χ2n) is 9.03. The van der Waals surface area contributed by atoms with Crippen LogP contribution in [0.4, 0.5) is 0 Å². The first-order chi connectivity index (χ1) is 13.6. The van der Waals surface area contributed by atoms with Gasteiger partial charge in [0, 0.05) is 18.9 Å². The van der Waals surface area contributed by atoms with E-state index in [1.807, 2.05) is 0 Å². The minimum Gasteiger partial charge on any atom is -0.452 e. The molecule has 6 rings (SSSR count). The zero-order chi connectivity index (χ0) is 19.1. The van der Waals surface area contributed by atoms with Crippen molar-refractivity contribution in [2.45, 2.75) is 38.5 Å². The normalized spacial score (nSPS) is 30.4. The van der Waals surface area contributed by atoms with E-state index in [0.717, 1.165) is 24.3 Å². The van der Waals surface area contributed by atoms with Gasteiger partial charge >= 0.3 is 5.97 Å². The van der Waals surface area contributed by atoms with E-state index in [0.29, 0.717) is 16.6 Å². The molecule has 1 aromatic carbocycles. The molecule has 4 aliphatic carbocycles. The van der Waals surface area contributed by atoms with Crippen LogP contribution in [0, 0.1) is 23.2 Å². The minimum absolute atomic E-state index is 0.218. The van der Waals surface area contributed by atoms with Crippen molar-refractivity contribution >= 4 is 22.9 Å². The molecule has 0 atom stereocenters. The van der Waals surface area contributed by atoms with Crippen molar-refractivity contribution in [2.24, 2.45) is 23.2 Å². The van der Waals surface area contributed by atoms with E-state index < -0.39 is 5.97 Å². The number of esters is 1. The highest BCUT2D eigenvalue weighted by molar-refractivity contribution is 5.94. The Morgan fingerprint density at radius 1 is 1.00 bits per heavy atom. The number of hydrogen-bond acceptors (Lipinski definition) is 5. The SMILES string of the molecule is O=C(COC(=O)c1ccc2nccnc2c1)NCC12CC3CC(CC(C3)C1)C2. The topological polar surface area (TPSA) is 81.2 Å². The first-order valence-corrected chi connectivity index (χ1v) is 10.2. The number of fused-ring (bicyclic) bond motifs is 1. The molecule has 4 bridgehead atoms. The molecule has 6 nitrogen and oxygen atoms in total. The van der Waals surface area contributed by atoms with Crippen molar-refractivity contribution < 1.29 is 14.3 Å². The molecule has 4 fully saturated rings. The third-order valence-electron chi connectivity index (χ3n) is 6.87. The first-order valence-electron chi connectivity index (χ1n) is 10.2. The van der Waals surface area contributed by atoms with Gasteiger partial charge in [-0.15, -0.1) is 0 Å². The van der Waals surface area contributed by atoms with Crippen LogP contribution in [-0.2, 0) is 9.53 Å². The molecule has 4 aliphatic rings. The Balaban J connectivity index is 1.14. The molecule has 146 valence electrons. The molecule has 1 amide bonds. The van der Waals surface area contributed by atoms with Gasteiger partial charge in [0.05, 0.1) is 16.6 Å². The summed E-state index contributed by atoms with van der Waals surface area (Å²) in [5.41, 5.74) is 2.00. The molecule has 0 radical (unpaired) electrons. The van der Waals surface area contributed by atoms with Crippen LogP contribution in [0.1, 0.15) is 48.9 Å². The van der Waals surface area contributed by atoms with E-state index in [1.165, 1.54) is 38.5 Å². The predicted octanol–water partition coefficient (Wildman–Crippen LogP) is 3.12. The van der Waals surface area contributed by atoms with Crippen molar-refractivity contribution in [3.8, 4) is 0 Å². The van der Waals surface area contributed by atoms with Crippen molar-refractivity contribution in [3.63, 3.8) is 0 Å². The zero-order valence-electron chi connectivity index (χ0n) is 15.9. The molecular weight excluding hydrogens is 354 g/mol. The summed E-state index contributed by atoms with van der Waals surface area (Å²) in [5, 5.41) is 3.04. The second kappa shape index (κ2) is 6.83.